The average Bonchev–Trinajstić information content (AvgIpc) is 2.99. The minimum Gasteiger partial charge on any atom is -0.352 e. The number of hydrogen-bond donors (Lipinski definition) is 2. The number of rotatable bonds is 7. The summed E-state index contributed by atoms with van der Waals surface area (Å²) in [5, 5.41) is 6.44. The summed E-state index contributed by atoms with van der Waals surface area (Å²) >= 11 is 0. The van der Waals surface area contributed by atoms with Crippen molar-refractivity contribution in [2.75, 3.05) is 13.6 Å². The van der Waals surface area contributed by atoms with E-state index >= 15 is 0 Å². The Kier molecular flexibility index (Phi) is 6.40. The Bertz CT molecular complexity index is 481. The molecular formula is C18H29N3O. The van der Waals surface area contributed by atoms with Crippen LogP contribution in [0.4, 0.5) is 0 Å². The Hall–Kier alpha value is -1.39. The molecule has 0 aliphatic carbocycles. The number of nitrogens with zero attached hydrogens (tertiary/aromatic N) is 1. The first kappa shape index (κ1) is 17.0. The van der Waals surface area contributed by atoms with E-state index < -0.39 is 0 Å². The minimum absolute atomic E-state index is 0.145. The standard InChI is InChI=1S/C18H29N3O/c1-14(2)21(3)13-16-8-5-4-7-15(16)12-20-18(22)11-17-9-6-10-19-17/h4-5,7-8,14,17,19H,6,9-13H2,1-3H3,(H,20,22). The Labute approximate surface area is 134 Å². The highest BCUT2D eigenvalue weighted by atomic mass is 16.1. The molecule has 4 heteroatoms. The molecule has 122 valence electrons. The first-order valence-corrected chi connectivity index (χ1v) is 8.33. The zero-order valence-corrected chi connectivity index (χ0v) is 14.1. The lowest BCUT2D eigenvalue weighted by molar-refractivity contribution is -0.121. The Morgan fingerprint density at radius 3 is 2.73 bits per heavy atom. The Balaban J connectivity index is 1.87. The van der Waals surface area contributed by atoms with E-state index in [0.717, 1.165) is 19.5 Å². The van der Waals surface area contributed by atoms with Gasteiger partial charge in [0.15, 0.2) is 0 Å². The third kappa shape index (κ3) is 5.11. The predicted octanol–water partition coefficient (Wildman–Crippen LogP) is 2.29. The number of benzene rings is 1. The largest absolute Gasteiger partial charge is 0.352 e. The van der Waals surface area contributed by atoms with E-state index in [9.17, 15) is 4.79 Å². The number of hydrogen-bond acceptors (Lipinski definition) is 3. The predicted molar refractivity (Wildman–Crippen MR) is 90.5 cm³/mol. The smallest absolute Gasteiger partial charge is 0.221 e. The van der Waals surface area contributed by atoms with E-state index in [4.69, 9.17) is 0 Å². The summed E-state index contributed by atoms with van der Waals surface area (Å²) in [7, 11) is 2.13. The number of carbonyl (C=O) groups is 1. The van der Waals surface area contributed by atoms with Gasteiger partial charge >= 0.3 is 0 Å². The van der Waals surface area contributed by atoms with E-state index in [1.54, 1.807) is 0 Å². The van der Waals surface area contributed by atoms with Crippen molar-refractivity contribution in [2.24, 2.45) is 0 Å². The van der Waals surface area contributed by atoms with Gasteiger partial charge in [0.05, 0.1) is 0 Å². The van der Waals surface area contributed by atoms with Gasteiger partial charge in [-0.25, -0.2) is 0 Å². The van der Waals surface area contributed by atoms with Gasteiger partial charge in [0.1, 0.15) is 0 Å². The van der Waals surface area contributed by atoms with Crippen molar-refractivity contribution in [2.45, 2.75) is 58.3 Å². The van der Waals surface area contributed by atoms with Crippen LogP contribution >= 0.6 is 0 Å². The molecule has 1 amide bonds. The molecule has 1 saturated heterocycles. The van der Waals surface area contributed by atoms with Crippen molar-refractivity contribution in [1.82, 2.24) is 15.5 Å². The van der Waals surface area contributed by atoms with Crippen LogP contribution in [0.5, 0.6) is 0 Å². The second-order valence-electron chi connectivity index (χ2n) is 6.55. The van der Waals surface area contributed by atoms with Crippen molar-refractivity contribution in [3.05, 3.63) is 35.4 Å². The molecule has 0 spiro atoms. The van der Waals surface area contributed by atoms with Crippen molar-refractivity contribution >= 4 is 5.91 Å². The van der Waals surface area contributed by atoms with E-state index in [2.05, 4.69) is 54.6 Å². The fraction of sp³-hybridized carbons (Fsp3) is 0.611. The molecule has 22 heavy (non-hydrogen) atoms. The van der Waals surface area contributed by atoms with Gasteiger partial charge in [-0.1, -0.05) is 24.3 Å². The zero-order valence-electron chi connectivity index (χ0n) is 14.1. The highest BCUT2D eigenvalue weighted by Crippen LogP contribution is 2.13. The molecule has 2 rings (SSSR count). The molecule has 1 aromatic rings. The Morgan fingerprint density at radius 2 is 2.09 bits per heavy atom. The summed E-state index contributed by atoms with van der Waals surface area (Å²) in [5.41, 5.74) is 2.50. The molecule has 0 saturated carbocycles. The molecule has 1 fully saturated rings. The number of carbonyl (C=O) groups excluding carboxylic acids is 1. The summed E-state index contributed by atoms with van der Waals surface area (Å²) in [5.74, 6) is 0.145. The molecule has 1 aromatic carbocycles. The normalized spacial score (nSPS) is 18.1. The highest BCUT2D eigenvalue weighted by molar-refractivity contribution is 5.76. The van der Waals surface area contributed by atoms with Crippen LogP contribution in [0.15, 0.2) is 24.3 Å². The van der Waals surface area contributed by atoms with Crippen molar-refractivity contribution in [3.8, 4) is 0 Å². The summed E-state index contributed by atoms with van der Waals surface area (Å²) in [6, 6.07) is 9.24. The SMILES string of the molecule is CC(C)N(C)Cc1ccccc1CNC(=O)CC1CCCN1. The molecule has 2 N–H and O–H groups in total. The third-order valence-corrected chi connectivity index (χ3v) is 4.49. The van der Waals surface area contributed by atoms with Crippen LogP contribution in [-0.4, -0.2) is 36.5 Å². The minimum atomic E-state index is 0.145. The van der Waals surface area contributed by atoms with Gasteiger partial charge in [-0.15, -0.1) is 0 Å². The monoisotopic (exact) mass is 303 g/mol. The number of amides is 1. The molecule has 0 aromatic heterocycles. The molecule has 1 aliphatic heterocycles. The van der Waals surface area contributed by atoms with Gasteiger partial charge in [-0.05, 0) is 51.4 Å². The molecular weight excluding hydrogens is 274 g/mol. The quantitative estimate of drug-likeness (QED) is 0.812. The van der Waals surface area contributed by atoms with Crippen LogP contribution in [0, 0.1) is 0 Å². The van der Waals surface area contributed by atoms with E-state index in [0.29, 0.717) is 25.0 Å². The molecule has 0 radical (unpaired) electrons. The lowest BCUT2D eigenvalue weighted by Crippen LogP contribution is -2.32. The van der Waals surface area contributed by atoms with Crippen LogP contribution in [0.3, 0.4) is 0 Å². The topological polar surface area (TPSA) is 44.4 Å². The molecule has 4 nitrogen and oxygen atoms in total. The van der Waals surface area contributed by atoms with Crippen molar-refractivity contribution in [3.63, 3.8) is 0 Å². The first-order valence-electron chi connectivity index (χ1n) is 8.33. The summed E-state index contributed by atoms with van der Waals surface area (Å²) in [4.78, 5) is 14.4. The van der Waals surface area contributed by atoms with E-state index in [1.807, 2.05) is 6.07 Å². The van der Waals surface area contributed by atoms with Crippen molar-refractivity contribution in [1.29, 1.82) is 0 Å². The maximum Gasteiger partial charge on any atom is 0.221 e. The molecule has 0 bridgehead atoms. The van der Waals surface area contributed by atoms with Gasteiger partial charge < -0.3 is 10.6 Å². The van der Waals surface area contributed by atoms with Gasteiger partial charge in [0, 0.05) is 31.6 Å². The third-order valence-electron chi connectivity index (χ3n) is 4.49. The van der Waals surface area contributed by atoms with Crippen LogP contribution in [0.2, 0.25) is 0 Å². The molecule has 1 aliphatic rings. The lowest BCUT2D eigenvalue weighted by Gasteiger charge is -2.22. The summed E-state index contributed by atoms with van der Waals surface area (Å²) in [6.45, 7) is 6.96. The van der Waals surface area contributed by atoms with Gasteiger partial charge in [-0.2, -0.15) is 0 Å². The van der Waals surface area contributed by atoms with Gasteiger partial charge in [0.25, 0.3) is 0 Å². The van der Waals surface area contributed by atoms with Crippen LogP contribution in [0.25, 0.3) is 0 Å². The van der Waals surface area contributed by atoms with Crippen LogP contribution in [0.1, 0.15) is 44.2 Å². The maximum atomic E-state index is 12.1. The fourth-order valence-electron chi connectivity index (χ4n) is 2.76. The van der Waals surface area contributed by atoms with E-state index in [-0.39, 0.29) is 5.91 Å². The molecule has 1 atom stereocenters. The fourth-order valence-corrected chi connectivity index (χ4v) is 2.76. The molecule has 1 unspecified atom stereocenters. The summed E-state index contributed by atoms with van der Waals surface area (Å²) in [6.07, 6.45) is 2.89. The van der Waals surface area contributed by atoms with Crippen LogP contribution in [-0.2, 0) is 17.9 Å². The van der Waals surface area contributed by atoms with E-state index in [1.165, 1.54) is 17.5 Å². The van der Waals surface area contributed by atoms with Gasteiger partial charge in [-0.3, -0.25) is 9.69 Å². The number of nitrogens with one attached hydrogen (secondary N) is 2. The zero-order chi connectivity index (χ0) is 15.9. The average molecular weight is 303 g/mol. The molecule has 1 heterocycles. The summed E-state index contributed by atoms with van der Waals surface area (Å²) < 4.78 is 0. The maximum absolute atomic E-state index is 12.1. The first-order chi connectivity index (χ1) is 10.6. The van der Waals surface area contributed by atoms with Crippen LogP contribution < -0.4 is 10.6 Å². The van der Waals surface area contributed by atoms with Crippen molar-refractivity contribution < 1.29 is 4.79 Å². The highest BCUT2D eigenvalue weighted by Gasteiger charge is 2.17. The lowest BCUT2D eigenvalue weighted by atomic mass is 10.1. The second-order valence-corrected chi connectivity index (χ2v) is 6.55. The van der Waals surface area contributed by atoms with Gasteiger partial charge in [0.2, 0.25) is 5.91 Å². The Morgan fingerprint density at radius 1 is 1.36 bits per heavy atom. The second kappa shape index (κ2) is 8.30.